The summed E-state index contributed by atoms with van der Waals surface area (Å²) in [6.07, 6.45) is 1.38. The summed E-state index contributed by atoms with van der Waals surface area (Å²) in [5, 5.41) is 3.85. The molecule has 180 valence electrons. The molecule has 6 nitrogen and oxygen atoms in total. The molecule has 34 heavy (non-hydrogen) atoms. The predicted octanol–water partition coefficient (Wildman–Crippen LogP) is 4.63. The highest BCUT2D eigenvalue weighted by molar-refractivity contribution is 7.12. The smallest absolute Gasteiger partial charge is 0.264 e. The Hall–Kier alpha value is -2.75. The van der Waals surface area contributed by atoms with E-state index in [0.717, 1.165) is 12.0 Å². The molecule has 0 radical (unpaired) electrons. The first-order chi connectivity index (χ1) is 16.6. The lowest BCUT2D eigenvalue weighted by molar-refractivity contribution is -0.135. The number of thiophene rings is 2. The van der Waals surface area contributed by atoms with Crippen LogP contribution in [0.5, 0.6) is 5.75 Å². The minimum atomic E-state index is -0.437. The fraction of sp³-hybridized carbons (Fsp3) is 0.360. The quantitative estimate of drug-likeness (QED) is 0.379. The normalized spacial score (nSPS) is 15.1. The molecule has 0 saturated carbocycles. The second-order valence-corrected chi connectivity index (χ2v) is 9.89. The summed E-state index contributed by atoms with van der Waals surface area (Å²) in [7, 11) is 1.61. The van der Waals surface area contributed by atoms with Crippen LogP contribution in [0.15, 0.2) is 53.2 Å². The van der Waals surface area contributed by atoms with Gasteiger partial charge in [-0.15, -0.1) is 22.7 Å². The van der Waals surface area contributed by atoms with Crippen molar-refractivity contribution in [1.29, 1.82) is 0 Å². The number of hydrogen-bond acceptors (Lipinski definition) is 6. The van der Waals surface area contributed by atoms with Gasteiger partial charge in [-0.2, -0.15) is 0 Å². The Labute approximate surface area is 206 Å². The molecular formula is C25H27FN2O4S2. The SMILES string of the molecule is COCCCN(CC(=O)N1CCc2sccc2[C@@H]1COc1ccccc1F)C(=O)c1cccs1. The zero-order chi connectivity index (χ0) is 23.9. The second-order valence-electron chi connectivity index (χ2n) is 7.94. The van der Waals surface area contributed by atoms with Crippen molar-refractivity contribution in [3.05, 3.63) is 74.4 Å². The highest BCUT2D eigenvalue weighted by atomic mass is 32.1. The summed E-state index contributed by atoms with van der Waals surface area (Å²) in [5.74, 6) is -0.591. The number of ether oxygens (including phenoxy) is 2. The lowest BCUT2D eigenvalue weighted by Gasteiger charge is -2.37. The van der Waals surface area contributed by atoms with Crippen molar-refractivity contribution < 1.29 is 23.5 Å². The van der Waals surface area contributed by atoms with Gasteiger partial charge >= 0.3 is 0 Å². The second kappa shape index (κ2) is 11.6. The van der Waals surface area contributed by atoms with Gasteiger partial charge in [0.2, 0.25) is 5.91 Å². The number of amides is 2. The van der Waals surface area contributed by atoms with Crippen LogP contribution < -0.4 is 4.74 Å². The van der Waals surface area contributed by atoms with Gasteiger partial charge in [-0.3, -0.25) is 9.59 Å². The summed E-state index contributed by atoms with van der Waals surface area (Å²) in [4.78, 5) is 31.7. The Balaban J connectivity index is 1.51. The first-order valence-electron chi connectivity index (χ1n) is 11.1. The number of benzene rings is 1. The van der Waals surface area contributed by atoms with Crippen LogP contribution >= 0.6 is 22.7 Å². The van der Waals surface area contributed by atoms with Crippen molar-refractivity contribution in [2.45, 2.75) is 18.9 Å². The average molecular weight is 503 g/mol. The molecule has 4 rings (SSSR count). The van der Waals surface area contributed by atoms with Gasteiger partial charge in [-0.25, -0.2) is 4.39 Å². The molecule has 1 aromatic carbocycles. The number of hydrogen-bond donors (Lipinski definition) is 0. The molecule has 3 aromatic rings. The molecule has 0 spiro atoms. The summed E-state index contributed by atoms with van der Waals surface area (Å²) >= 11 is 3.01. The Bertz CT molecular complexity index is 1100. The lowest BCUT2D eigenvalue weighted by Crippen LogP contribution is -2.48. The number of fused-ring (bicyclic) bond motifs is 1. The molecule has 1 atom stereocenters. The highest BCUT2D eigenvalue weighted by Gasteiger charge is 2.33. The topological polar surface area (TPSA) is 59.1 Å². The van der Waals surface area contributed by atoms with Crippen molar-refractivity contribution >= 4 is 34.5 Å². The van der Waals surface area contributed by atoms with Crippen LogP contribution in [-0.2, 0) is 16.0 Å². The first kappa shape index (κ1) is 24.4. The van der Waals surface area contributed by atoms with E-state index in [1.54, 1.807) is 52.5 Å². The van der Waals surface area contributed by atoms with E-state index in [-0.39, 0.29) is 36.8 Å². The molecule has 0 fully saturated rings. The van der Waals surface area contributed by atoms with E-state index in [1.807, 2.05) is 22.9 Å². The van der Waals surface area contributed by atoms with Crippen LogP contribution in [0, 0.1) is 5.82 Å². The molecule has 0 aliphatic carbocycles. The Morgan fingerprint density at radius 3 is 2.76 bits per heavy atom. The van der Waals surface area contributed by atoms with E-state index in [1.165, 1.54) is 22.3 Å². The van der Waals surface area contributed by atoms with Crippen LogP contribution in [-0.4, -0.2) is 61.6 Å². The number of carbonyl (C=O) groups is 2. The standard InChI is InChI=1S/C25H27FN2O4S2/c1-31-13-5-11-27(25(30)23-8-4-14-33-23)16-24(29)28-12-9-22-18(10-15-34-22)20(28)17-32-21-7-3-2-6-19(21)26/h2-4,6-8,10,14-15,20H,5,9,11-13,16-17H2,1H3/t20-/m0/s1. The van der Waals surface area contributed by atoms with Gasteiger partial charge in [-0.05, 0) is 53.4 Å². The summed E-state index contributed by atoms with van der Waals surface area (Å²) in [6, 6.07) is 11.5. The van der Waals surface area contributed by atoms with Crippen molar-refractivity contribution in [2.24, 2.45) is 0 Å². The van der Waals surface area contributed by atoms with Gasteiger partial charge in [-0.1, -0.05) is 18.2 Å². The summed E-state index contributed by atoms with van der Waals surface area (Å²) < 4.78 is 25.1. The zero-order valence-electron chi connectivity index (χ0n) is 18.9. The van der Waals surface area contributed by atoms with Gasteiger partial charge < -0.3 is 19.3 Å². The van der Waals surface area contributed by atoms with Crippen LogP contribution in [0.2, 0.25) is 0 Å². The number of halogens is 1. The third kappa shape index (κ3) is 5.65. The fourth-order valence-corrected chi connectivity index (χ4v) is 5.69. The maximum Gasteiger partial charge on any atom is 0.264 e. The molecule has 0 unspecified atom stereocenters. The molecule has 9 heteroatoms. The largest absolute Gasteiger partial charge is 0.488 e. The Morgan fingerprint density at radius 2 is 2.00 bits per heavy atom. The molecule has 2 amide bonds. The first-order valence-corrected chi connectivity index (χ1v) is 12.9. The Morgan fingerprint density at radius 1 is 1.15 bits per heavy atom. The molecule has 0 saturated heterocycles. The van der Waals surface area contributed by atoms with Gasteiger partial charge in [0.05, 0.1) is 10.9 Å². The zero-order valence-corrected chi connectivity index (χ0v) is 20.6. The van der Waals surface area contributed by atoms with E-state index in [4.69, 9.17) is 9.47 Å². The third-order valence-corrected chi connectivity index (χ3v) is 7.62. The minimum Gasteiger partial charge on any atom is -0.488 e. The van der Waals surface area contributed by atoms with Crippen molar-refractivity contribution in [3.63, 3.8) is 0 Å². The molecule has 1 aliphatic heterocycles. The van der Waals surface area contributed by atoms with Gasteiger partial charge in [0.1, 0.15) is 13.2 Å². The van der Waals surface area contributed by atoms with Gasteiger partial charge in [0.25, 0.3) is 5.91 Å². The van der Waals surface area contributed by atoms with Crippen molar-refractivity contribution in [2.75, 3.05) is 40.0 Å². The van der Waals surface area contributed by atoms with Gasteiger partial charge in [0, 0.05) is 31.7 Å². The molecule has 3 heterocycles. The number of nitrogens with zero attached hydrogens (tertiary/aromatic N) is 2. The van der Waals surface area contributed by atoms with Crippen molar-refractivity contribution in [3.8, 4) is 5.75 Å². The molecular weight excluding hydrogens is 475 g/mol. The van der Waals surface area contributed by atoms with Crippen LogP contribution in [0.3, 0.4) is 0 Å². The van der Waals surface area contributed by atoms with E-state index >= 15 is 0 Å². The number of para-hydroxylation sites is 1. The lowest BCUT2D eigenvalue weighted by atomic mass is 10.0. The fourth-order valence-electron chi connectivity index (χ4n) is 4.07. The van der Waals surface area contributed by atoms with E-state index in [9.17, 15) is 14.0 Å². The summed E-state index contributed by atoms with van der Waals surface area (Å²) in [5.41, 5.74) is 1.02. The number of methoxy groups -OCH3 is 1. The third-order valence-electron chi connectivity index (χ3n) is 5.77. The van der Waals surface area contributed by atoms with Crippen LogP contribution in [0.1, 0.15) is 32.6 Å². The van der Waals surface area contributed by atoms with Crippen molar-refractivity contribution in [1.82, 2.24) is 9.80 Å². The van der Waals surface area contributed by atoms with Crippen LogP contribution in [0.4, 0.5) is 4.39 Å². The average Bonchev–Trinajstić information content (AvgIpc) is 3.54. The van der Waals surface area contributed by atoms with Crippen LogP contribution in [0.25, 0.3) is 0 Å². The molecule has 0 bridgehead atoms. The van der Waals surface area contributed by atoms with E-state index in [0.29, 0.717) is 31.0 Å². The monoisotopic (exact) mass is 502 g/mol. The Kier molecular flexibility index (Phi) is 8.31. The molecule has 2 aromatic heterocycles. The maximum atomic E-state index is 14.1. The van der Waals surface area contributed by atoms with E-state index in [2.05, 4.69) is 0 Å². The molecule has 1 aliphatic rings. The van der Waals surface area contributed by atoms with E-state index < -0.39 is 5.82 Å². The predicted molar refractivity (Wildman–Crippen MR) is 131 cm³/mol. The van der Waals surface area contributed by atoms with Gasteiger partial charge in [0.15, 0.2) is 11.6 Å². The minimum absolute atomic E-state index is 0.0316. The number of carbonyl (C=O) groups excluding carboxylic acids is 2. The maximum absolute atomic E-state index is 14.1. The highest BCUT2D eigenvalue weighted by Crippen LogP contribution is 2.34. The summed E-state index contributed by atoms with van der Waals surface area (Å²) in [6.45, 7) is 1.56. The molecule has 0 N–H and O–H groups in total. The number of rotatable bonds is 10.